The van der Waals surface area contributed by atoms with Crippen molar-refractivity contribution in [3.05, 3.63) is 27.7 Å². The summed E-state index contributed by atoms with van der Waals surface area (Å²) in [4.78, 5) is 26.9. The van der Waals surface area contributed by atoms with Gasteiger partial charge in [0.1, 0.15) is 0 Å². The highest BCUT2D eigenvalue weighted by Gasteiger charge is 2.36. The summed E-state index contributed by atoms with van der Waals surface area (Å²) in [6.07, 6.45) is 6.22. The Kier molecular flexibility index (Phi) is 4.18. The predicted molar refractivity (Wildman–Crippen MR) is 90.4 cm³/mol. The van der Waals surface area contributed by atoms with Crippen LogP contribution in [-0.2, 0) is 23.5 Å². The van der Waals surface area contributed by atoms with Gasteiger partial charge < -0.3 is 4.90 Å². The van der Waals surface area contributed by atoms with Crippen molar-refractivity contribution in [1.82, 2.24) is 14.7 Å². The summed E-state index contributed by atoms with van der Waals surface area (Å²) < 4.78 is 1.60. The molecule has 6 heteroatoms. The molecule has 3 aliphatic rings. The minimum absolute atomic E-state index is 0.0193. The Balaban J connectivity index is 1.52. The van der Waals surface area contributed by atoms with Gasteiger partial charge in [-0.1, -0.05) is 6.42 Å². The molecule has 0 aromatic carbocycles. The maximum Gasteiger partial charge on any atom is 0.267 e. The highest BCUT2D eigenvalue weighted by Crippen LogP contribution is 2.31. The number of aryl methyl sites for hydroxylation is 1. The smallest absolute Gasteiger partial charge is 0.267 e. The molecule has 1 aromatic rings. The highest BCUT2D eigenvalue weighted by molar-refractivity contribution is 7.98. The van der Waals surface area contributed by atoms with Crippen LogP contribution >= 0.6 is 11.8 Å². The Morgan fingerprint density at radius 1 is 1.30 bits per heavy atom. The van der Waals surface area contributed by atoms with Crippen LogP contribution in [0.1, 0.15) is 43.4 Å². The Morgan fingerprint density at radius 3 is 2.96 bits per heavy atom. The van der Waals surface area contributed by atoms with E-state index in [0.29, 0.717) is 12.5 Å². The van der Waals surface area contributed by atoms with Crippen LogP contribution in [0, 0.1) is 5.92 Å². The zero-order valence-corrected chi connectivity index (χ0v) is 14.2. The summed E-state index contributed by atoms with van der Waals surface area (Å²) in [7, 11) is 0. The molecule has 0 spiro atoms. The number of nitrogens with zero attached hydrogens (tertiary/aromatic N) is 3. The molecule has 0 radical (unpaired) electrons. The first kappa shape index (κ1) is 15.2. The molecule has 1 aromatic heterocycles. The lowest BCUT2D eigenvalue weighted by molar-refractivity contribution is -0.139. The second-order valence-corrected chi connectivity index (χ2v) is 8.00. The third-order valence-electron chi connectivity index (χ3n) is 5.40. The minimum Gasteiger partial charge on any atom is -0.338 e. The Hall–Kier alpha value is -1.30. The number of likely N-dealkylation sites (tertiary alicyclic amines) is 1. The molecule has 5 nitrogen and oxygen atoms in total. The molecule has 1 unspecified atom stereocenters. The van der Waals surface area contributed by atoms with Crippen LogP contribution in [0.25, 0.3) is 0 Å². The molecule has 2 aliphatic heterocycles. The lowest BCUT2D eigenvalue weighted by atomic mass is 9.84. The average Bonchev–Trinajstić information content (AvgIpc) is 2.94. The third-order valence-corrected chi connectivity index (χ3v) is 6.41. The van der Waals surface area contributed by atoms with Crippen molar-refractivity contribution in [2.45, 2.75) is 56.9 Å². The molecule has 23 heavy (non-hydrogen) atoms. The molecule has 4 rings (SSSR count). The molecule has 0 bridgehead atoms. The predicted octanol–water partition coefficient (Wildman–Crippen LogP) is 1.82. The fourth-order valence-electron chi connectivity index (χ4n) is 3.79. The number of carbonyl (C=O) groups is 1. The van der Waals surface area contributed by atoms with Crippen molar-refractivity contribution in [2.75, 3.05) is 12.3 Å². The minimum atomic E-state index is -0.0193. The Morgan fingerprint density at radius 2 is 2.17 bits per heavy atom. The number of carbonyl (C=O) groups excluding carboxylic acids is 1. The van der Waals surface area contributed by atoms with Gasteiger partial charge in [0.2, 0.25) is 5.91 Å². The standard InChI is InChI=1S/C17H23N3O2S/c21-16-9-13-11-23-8-6-15(13)18-20(16)10-14-5-2-7-19(14)17(22)12-3-1-4-12/h9,12,14H,1-8,10-11H2. The molecule has 1 aliphatic carbocycles. The zero-order valence-electron chi connectivity index (χ0n) is 13.4. The summed E-state index contributed by atoms with van der Waals surface area (Å²) in [6, 6.07) is 1.89. The van der Waals surface area contributed by atoms with E-state index in [0.717, 1.165) is 61.4 Å². The van der Waals surface area contributed by atoms with E-state index >= 15 is 0 Å². The number of fused-ring (bicyclic) bond motifs is 1. The van der Waals surface area contributed by atoms with Crippen LogP contribution in [0.3, 0.4) is 0 Å². The van der Waals surface area contributed by atoms with Gasteiger partial charge in [-0.25, -0.2) is 4.68 Å². The molecule has 124 valence electrons. The zero-order chi connectivity index (χ0) is 15.8. The molecule has 1 amide bonds. The van der Waals surface area contributed by atoms with Gasteiger partial charge in [0.05, 0.1) is 18.3 Å². The first-order valence-corrected chi connectivity index (χ1v) is 9.86. The normalized spacial score (nSPS) is 24.3. The topological polar surface area (TPSA) is 55.2 Å². The number of hydrogen-bond acceptors (Lipinski definition) is 4. The monoisotopic (exact) mass is 333 g/mol. The number of amides is 1. The van der Waals surface area contributed by atoms with E-state index in [1.807, 2.05) is 16.7 Å². The van der Waals surface area contributed by atoms with Crippen LogP contribution in [-0.4, -0.2) is 38.9 Å². The largest absolute Gasteiger partial charge is 0.338 e. The van der Waals surface area contributed by atoms with Gasteiger partial charge in [0.25, 0.3) is 5.56 Å². The van der Waals surface area contributed by atoms with Crippen LogP contribution < -0.4 is 5.56 Å². The van der Waals surface area contributed by atoms with Gasteiger partial charge in [-0.3, -0.25) is 9.59 Å². The van der Waals surface area contributed by atoms with Crippen molar-refractivity contribution in [2.24, 2.45) is 5.92 Å². The van der Waals surface area contributed by atoms with E-state index in [4.69, 9.17) is 0 Å². The fraction of sp³-hybridized carbons (Fsp3) is 0.706. The first-order valence-electron chi connectivity index (χ1n) is 8.70. The van der Waals surface area contributed by atoms with Crippen molar-refractivity contribution in [3.63, 3.8) is 0 Å². The van der Waals surface area contributed by atoms with E-state index < -0.39 is 0 Å². The van der Waals surface area contributed by atoms with E-state index in [1.54, 1.807) is 10.7 Å². The van der Waals surface area contributed by atoms with Gasteiger partial charge in [-0.15, -0.1) is 0 Å². The lowest BCUT2D eigenvalue weighted by Gasteiger charge is -2.33. The highest BCUT2D eigenvalue weighted by atomic mass is 32.2. The van der Waals surface area contributed by atoms with Crippen LogP contribution in [0.2, 0.25) is 0 Å². The van der Waals surface area contributed by atoms with Crippen molar-refractivity contribution < 1.29 is 4.79 Å². The van der Waals surface area contributed by atoms with Crippen molar-refractivity contribution in [1.29, 1.82) is 0 Å². The third kappa shape index (κ3) is 2.93. The molecule has 1 saturated heterocycles. The fourth-order valence-corrected chi connectivity index (χ4v) is 4.74. The van der Waals surface area contributed by atoms with Crippen LogP contribution in [0.4, 0.5) is 0 Å². The summed E-state index contributed by atoms with van der Waals surface area (Å²) >= 11 is 1.86. The summed E-state index contributed by atoms with van der Waals surface area (Å²) in [6.45, 7) is 1.40. The number of aromatic nitrogens is 2. The Bertz CT molecular complexity index is 668. The number of rotatable bonds is 3. The van der Waals surface area contributed by atoms with Crippen molar-refractivity contribution in [3.8, 4) is 0 Å². The summed E-state index contributed by atoms with van der Waals surface area (Å²) in [5.41, 5.74) is 2.14. The molecule has 2 fully saturated rings. The second-order valence-electron chi connectivity index (χ2n) is 6.89. The Labute approximate surface area is 140 Å². The summed E-state index contributed by atoms with van der Waals surface area (Å²) in [5, 5.41) is 4.60. The van der Waals surface area contributed by atoms with Gasteiger partial charge in [0.15, 0.2) is 0 Å². The SMILES string of the molecule is O=C(C1CCC1)N1CCCC1Cn1nc2c(cc1=O)CSCC2. The van der Waals surface area contributed by atoms with Gasteiger partial charge >= 0.3 is 0 Å². The molecular weight excluding hydrogens is 310 g/mol. The van der Waals surface area contributed by atoms with E-state index in [9.17, 15) is 9.59 Å². The average molecular weight is 333 g/mol. The number of hydrogen-bond donors (Lipinski definition) is 0. The molecule has 3 heterocycles. The molecule has 1 saturated carbocycles. The van der Waals surface area contributed by atoms with E-state index in [2.05, 4.69) is 5.10 Å². The van der Waals surface area contributed by atoms with Crippen LogP contribution in [0.5, 0.6) is 0 Å². The maximum absolute atomic E-state index is 12.6. The molecule has 1 atom stereocenters. The quantitative estimate of drug-likeness (QED) is 0.847. The number of thioether (sulfide) groups is 1. The van der Waals surface area contributed by atoms with Gasteiger partial charge in [-0.2, -0.15) is 16.9 Å². The second kappa shape index (κ2) is 6.30. The lowest BCUT2D eigenvalue weighted by Crippen LogP contribution is -2.45. The van der Waals surface area contributed by atoms with Crippen LogP contribution in [0.15, 0.2) is 10.9 Å². The van der Waals surface area contributed by atoms with Gasteiger partial charge in [0, 0.05) is 30.7 Å². The van der Waals surface area contributed by atoms with Crippen molar-refractivity contribution >= 4 is 17.7 Å². The maximum atomic E-state index is 12.6. The van der Waals surface area contributed by atoms with E-state index in [1.165, 1.54) is 6.42 Å². The molecular formula is C17H23N3O2S. The summed E-state index contributed by atoms with van der Waals surface area (Å²) in [5.74, 6) is 2.52. The van der Waals surface area contributed by atoms with Gasteiger partial charge in [-0.05, 0) is 37.0 Å². The first-order chi connectivity index (χ1) is 11.2. The van der Waals surface area contributed by atoms with E-state index in [-0.39, 0.29) is 17.5 Å². The molecule has 0 N–H and O–H groups in total.